The highest BCUT2D eigenvalue weighted by atomic mass is 35.5. The summed E-state index contributed by atoms with van der Waals surface area (Å²) in [6.07, 6.45) is 3.91. The summed E-state index contributed by atoms with van der Waals surface area (Å²) in [5, 5.41) is 2.96. The Kier molecular flexibility index (Phi) is 7.49. The van der Waals surface area contributed by atoms with Gasteiger partial charge in [-0.05, 0) is 67.9 Å². The first kappa shape index (κ1) is 25.5. The van der Waals surface area contributed by atoms with Crippen LogP contribution in [0.3, 0.4) is 0 Å². The zero-order valence-corrected chi connectivity index (χ0v) is 20.9. The largest absolute Gasteiger partial charge is 0.324 e. The first-order valence-corrected chi connectivity index (χ1v) is 13.7. The average molecular weight is 523 g/mol. The zero-order chi connectivity index (χ0) is 25.1. The van der Waals surface area contributed by atoms with E-state index < -0.39 is 32.0 Å². The molecule has 3 aromatic rings. The highest BCUT2D eigenvalue weighted by molar-refractivity contribution is 7.92. The number of anilines is 3. The van der Waals surface area contributed by atoms with E-state index in [2.05, 4.69) is 15.0 Å². The molecule has 0 unspecified atom stereocenters. The molecule has 9 nitrogen and oxygen atoms in total. The second-order valence-corrected chi connectivity index (χ2v) is 11.5. The highest BCUT2D eigenvalue weighted by Gasteiger charge is 2.30. The maximum atomic E-state index is 12.9. The molecule has 0 aliphatic carbocycles. The molecule has 2 aromatic carbocycles. The third-order valence-corrected chi connectivity index (χ3v) is 7.70. The maximum absolute atomic E-state index is 12.9. The van der Waals surface area contributed by atoms with Gasteiger partial charge in [-0.25, -0.2) is 16.8 Å². The van der Waals surface area contributed by atoms with Gasteiger partial charge in [-0.2, -0.15) is 0 Å². The van der Waals surface area contributed by atoms with E-state index in [1.807, 2.05) is 0 Å². The fraction of sp³-hybridized carbons (Fsp3) is 0.182. The molecule has 2 N–H and O–H groups in total. The quantitative estimate of drug-likeness (QED) is 0.465. The smallest absolute Gasteiger partial charge is 0.261 e. The van der Waals surface area contributed by atoms with Gasteiger partial charge in [0.15, 0.2) is 0 Å². The molecule has 34 heavy (non-hydrogen) atoms. The minimum Gasteiger partial charge on any atom is -0.324 e. The number of sulfonamides is 2. The van der Waals surface area contributed by atoms with Gasteiger partial charge in [0, 0.05) is 16.9 Å². The summed E-state index contributed by atoms with van der Waals surface area (Å²) in [6, 6.07) is 12.3. The van der Waals surface area contributed by atoms with Crippen LogP contribution in [0.15, 0.2) is 71.9 Å². The van der Waals surface area contributed by atoms with E-state index in [4.69, 9.17) is 11.6 Å². The molecule has 1 heterocycles. The number of amides is 1. The number of benzene rings is 2. The van der Waals surface area contributed by atoms with E-state index in [1.165, 1.54) is 49.6 Å². The molecule has 0 radical (unpaired) electrons. The van der Waals surface area contributed by atoms with Crippen LogP contribution in [0.2, 0.25) is 5.02 Å². The predicted molar refractivity (Wildman–Crippen MR) is 133 cm³/mol. The molecular weight excluding hydrogens is 500 g/mol. The molecule has 180 valence electrons. The Morgan fingerprint density at radius 3 is 2.29 bits per heavy atom. The lowest BCUT2D eigenvalue weighted by atomic mass is 10.1. The topological polar surface area (TPSA) is 126 Å². The number of pyridine rings is 1. The van der Waals surface area contributed by atoms with Crippen LogP contribution in [-0.4, -0.2) is 40.0 Å². The van der Waals surface area contributed by atoms with Crippen molar-refractivity contribution in [2.45, 2.75) is 24.8 Å². The van der Waals surface area contributed by atoms with E-state index in [0.717, 1.165) is 10.6 Å². The van der Waals surface area contributed by atoms with E-state index >= 15 is 0 Å². The lowest BCUT2D eigenvalue weighted by Crippen LogP contribution is -2.45. The first-order valence-electron chi connectivity index (χ1n) is 9.98. The Balaban J connectivity index is 1.79. The Labute approximate surface area is 203 Å². The summed E-state index contributed by atoms with van der Waals surface area (Å²) in [4.78, 5) is 16.7. The van der Waals surface area contributed by atoms with Crippen molar-refractivity contribution in [3.63, 3.8) is 0 Å². The van der Waals surface area contributed by atoms with Gasteiger partial charge >= 0.3 is 0 Å². The number of rotatable bonds is 8. The van der Waals surface area contributed by atoms with Crippen molar-refractivity contribution in [3.05, 3.63) is 77.6 Å². The molecule has 0 saturated heterocycles. The van der Waals surface area contributed by atoms with E-state index in [-0.39, 0.29) is 4.90 Å². The summed E-state index contributed by atoms with van der Waals surface area (Å²) < 4.78 is 53.6. The number of aryl methyl sites for hydroxylation is 1. The van der Waals surface area contributed by atoms with Crippen LogP contribution in [0.4, 0.5) is 17.1 Å². The van der Waals surface area contributed by atoms with E-state index in [0.29, 0.717) is 27.6 Å². The van der Waals surface area contributed by atoms with Gasteiger partial charge in [0.2, 0.25) is 15.9 Å². The van der Waals surface area contributed by atoms with Gasteiger partial charge in [0.25, 0.3) is 10.0 Å². The summed E-state index contributed by atoms with van der Waals surface area (Å²) >= 11 is 6.05. The molecule has 1 atom stereocenters. The molecule has 3 rings (SSSR count). The second kappa shape index (κ2) is 10.00. The van der Waals surface area contributed by atoms with Crippen LogP contribution in [0.25, 0.3) is 0 Å². The number of halogens is 1. The Morgan fingerprint density at radius 1 is 1.03 bits per heavy atom. The molecular formula is C22H23ClN4O5S2. The van der Waals surface area contributed by atoms with Gasteiger partial charge in [0.1, 0.15) is 6.04 Å². The third-order valence-electron chi connectivity index (χ3n) is 4.84. The average Bonchev–Trinajstić information content (AvgIpc) is 2.76. The lowest BCUT2D eigenvalue weighted by molar-refractivity contribution is -0.116. The number of carbonyl (C=O) groups excluding carboxylic acids is 1. The van der Waals surface area contributed by atoms with Gasteiger partial charge in [-0.3, -0.25) is 18.8 Å². The first-order chi connectivity index (χ1) is 15.9. The Morgan fingerprint density at radius 2 is 1.71 bits per heavy atom. The number of hydrogen-bond acceptors (Lipinski definition) is 6. The van der Waals surface area contributed by atoms with Crippen molar-refractivity contribution >= 4 is 54.6 Å². The fourth-order valence-electron chi connectivity index (χ4n) is 3.20. The number of nitrogens with zero attached hydrogens (tertiary/aromatic N) is 2. The molecule has 0 fully saturated rings. The number of carbonyl (C=O) groups is 1. The molecule has 0 saturated carbocycles. The van der Waals surface area contributed by atoms with Gasteiger partial charge in [-0.15, -0.1) is 0 Å². The summed E-state index contributed by atoms with van der Waals surface area (Å²) in [7, 11) is -7.68. The fourth-order valence-corrected chi connectivity index (χ4v) is 5.64. The number of nitrogens with one attached hydrogen (secondary N) is 2. The highest BCUT2D eigenvalue weighted by Crippen LogP contribution is 2.28. The predicted octanol–water partition coefficient (Wildman–Crippen LogP) is 3.64. The van der Waals surface area contributed by atoms with Crippen LogP contribution in [0.5, 0.6) is 0 Å². The van der Waals surface area contributed by atoms with Crippen molar-refractivity contribution < 1.29 is 21.6 Å². The van der Waals surface area contributed by atoms with Crippen LogP contribution in [-0.2, 0) is 24.8 Å². The van der Waals surface area contributed by atoms with Crippen molar-refractivity contribution in [1.82, 2.24) is 4.98 Å². The zero-order valence-electron chi connectivity index (χ0n) is 18.6. The van der Waals surface area contributed by atoms with E-state index in [1.54, 1.807) is 31.2 Å². The van der Waals surface area contributed by atoms with Crippen LogP contribution in [0, 0.1) is 6.92 Å². The van der Waals surface area contributed by atoms with Crippen LogP contribution >= 0.6 is 11.6 Å². The van der Waals surface area contributed by atoms with Gasteiger partial charge in [0.05, 0.1) is 28.7 Å². The SMILES string of the molecule is Cc1ccc(Cl)cc1N([C@@H](C)C(=O)Nc1ccc(S(=O)(=O)Nc2cccnc2)cc1)S(C)(=O)=O. The van der Waals surface area contributed by atoms with Crippen molar-refractivity contribution in [2.24, 2.45) is 0 Å². The third kappa shape index (κ3) is 6.04. The van der Waals surface area contributed by atoms with Crippen LogP contribution < -0.4 is 14.3 Å². The molecule has 0 bridgehead atoms. The summed E-state index contributed by atoms with van der Waals surface area (Å²) in [6.45, 7) is 3.17. The Hall–Kier alpha value is -3.15. The second-order valence-electron chi connectivity index (χ2n) is 7.53. The number of aromatic nitrogens is 1. The van der Waals surface area contributed by atoms with Gasteiger partial charge in [-0.1, -0.05) is 17.7 Å². The minimum absolute atomic E-state index is 0.0188. The number of hydrogen-bond donors (Lipinski definition) is 2. The molecule has 0 aliphatic rings. The lowest BCUT2D eigenvalue weighted by Gasteiger charge is -2.29. The molecule has 0 aliphatic heterocycles. The van der Waals surface area contributed by atoms with Gasteiger partial charge < -0.3 is 5.32 Å². The normalized spacial score (nSPS) is 12.6. The van der Waals surface area contributed by atoms with Crippen molar-refractivity contribution in [1.29, 1.82) is 0 Å². The molecule has 1 amide bonds. The molecule has 0 spiro atoms. The molecule has 12 heteroatoms. The minimum atomic E-state index is -3.86. The monoisotopic (exact) mass is 522 g/mol. The van der Waals surface area contributed by atoms with Crippen molar-refractivity contribution in [2.75, 3.05) is 20.6 Å². The van der Waals surface area contributed by atoms with E-state index in [9.17, 15) is 21.6 Å². The van der Waals surface area contributed by atoms with Crippen molar-refractivity contribution in [3.8, 4) is 0 Å². The van der Waals surface area contributed by atoms with Crippen LogP contribution in [0.1, 0.15) is 12.5 Å². The Bertz CT molecular complexity index is 1400. The molecule has 1 aromatic heterocycles. The standard InChI is InChI=1S/C22H23ClN4O5S2/c1-15-6-7-17(23)13-21(15)27(33(3,29)30)16(2)22(28)25-18-8-10-20(11-9-18)34(31,32)26-19-5-4-12-24-14-19/h4-14,16,26H,1-3H3,(H,25,28)/t16-/m0/s1. The maximum Gasteiger partial charge on any atom is 0.261 e. The summed E-state index contributed by atoms with van der Waals surface area (Å²) in [5.74, 6) is -0.603. The summed E-state index contributed by atoms with van der Waals surface area (Å²) in [5.41, 5.74) is 1.53.